The molecule has 0 unspecified atom stereocenters. The molecule has 0 aliphatic heterocycles. The molecule has 0 aliphatic rings. The van der Waals surface area contributed by atoms with E-state index in [-0.39, 0.29) is 24.9 Å². The second-order valence-electron chi connectivity index (χ2n) is 6.27. The number of esters is 1. The number of rotatable bonds is 7. The van der Waals surface area contributed by atoms with Crippen LogP contribution in [0.25, 0.3) is 0 Å². The molecular formula is C23H20INO3. The van der Waals surface area contributed by atoms with E-state index in [0.717, 1.165) is 14.7 Å². The summed E-state index contributed by atoms with van der Waals surface area (Å²) in [5.41, 5.74) is 2.78. The van der Waals surface area contributed by atoms with Gasteiger partial charge in [0.05, 0.1) is 12.1 Å². The van der Waals surface area contributed by atoms with Crippen LogP contribution in [0.3, 0.4) is 0 Å². The minimum Gasteiger partial charge on any atom is -0.456 e. The monoisotopic (exact) mass is 485 g/mol. The summed E-state index contributed by atoms with van der Waals surface area (Å²) in [6, 6.07) is 27.1. The number of hydrogen-bond donors (Lipinski definition) is 1. The van der Waals surface area contributed by atoms with Crippen molar-refractivity contribution in [3.05, 3.63) is 99.6 Å². The van der Waals surface area contributed by atoms with E-state index < -0.39 is 5.97 Å². The van der Waals surface area contributed by atoms with Gasteiger partial charge in [0.2, 0.25) is 0 Å². The van der Waals surface area contributed by atoms with E-state index in [1.807, 2.05) is 84.9 Å². The van der Waals surface area contributed by atoms with Crippen molar-refractivity contribution in [1.82, 2.24) is 0 Å². The van der Waals surface area contributed by atoms with Crippen LogP contribution < -0.4 is 5.32 Å². The van der Waals surface area contributed by atoms with Crippen molar-refractivity contribution >= 4 is 40.2 Å². The Bertz CT molecular complexity index is 889. The van der Waals surface area contributed by atoms with E-state index in [2.05, 4.69) is 27.9 Å². The molecule has 0 radical (unpaired) electrons. The Labute approximate surface area is 178 Å². The molecule has 0 heterocycles. The molecular weight excluding hydrogens is 465 g/mol. The Morgan fingerprint density at radius 1 is 0.821 bits per heavy atom. The minimum absolute atomic E-state index is 0.118. The van der Waals surface area contributed by atoms with E-state index in [1.165, 1.54) is 0 Å². The summed E-state index contributed by atoms with van der Waals surface area (Å²) in [7, 11) is 0. The highest BCUT2D eigenvalue weighted by atomic mass is 127. The fourth-order valence-corrected chi connectivity index (χ4v) is 3.44. The molecule has 0 saturated heterocycles. The highest BCUT2D eigenvalue weighted by Gasteiger charge is 2.19. The molecule has 28 heavy (non-hydrogen) atoms. The van der Waals surface area contributed by atoms with Crippen molar-refractivity contribution in [3.8, 4) is 0 Å². The van der Waals surface area contributed by atoms with Crippen molar-refractivity contribution in [1.29, 1.82) is 0 Å². The molecule has 0 atom stereocenters. The van der Waals surface area contributed by atoms with Crippen molar-refractivity contribution in [3.63, 3.8) is 0 Å². The third-order valence-corrected chi connectivity index (χ3v) is 5.23. The van der Waals surface area contributed by atoms with Crippen LogP contribution in [0.4, 0.5) is 5.69 Å². The summed E-state index contributed by atoms with van der Waals surface area (Å²) in [4.78, 5) is 24.5. The van der Waals surface area contributed by atoms with Gasteiger partial charge in [-0.25, -0.2) is 0 Å². The zero-order chi connectivity index (χ0) is 19.8. The van der Waals surface area contributed by atoms with E-state index in [4.69, 9.17) is 4.74 Å². The quantitative estimate of drug-likeness (QED) is 0.379. The van der Waals surface area contributed by atoms with Gasteiger partial charge in [-0.1, -0.05) is 72.8 Å². The molecule has 0 saturated carbocycles. The Morgan fingerprint density at radius 2 is 1.36 bits per heavy atom. The Hall–Kier alpha value is -2.67. The van der Waals surface area contributed by atoms with Crippen molar-refractivity contribution < 1.29 is 14.3 Å². The average Bonchev–Trinajstić information content (AvgIpc) is 2.73. The van der Waals surface area contributed by atoms with Gasteiger partial charge in [0.25, 0.3) is 5.91 Å². The summed E-state index contributed by atoms with van der Waals surface area (Å²) in [6.45, 7) is -0.305. The number of halogens is 1. The number of amides is 1. The molecule has 1 N–H and O–H groups in total. The first-order valence-electron chi connectivity index (χ1n) is 8.93. The number of benzene rings is 3. The molecule has 142 valence electrons. The molecule has 3 rings (SSSR count). The molecule has 3 aromatic carbocycles. The largest absolute Gasteiger partial charge is 0.456 e. The molecule has 5 heteroatoms. The third kappa shape index (κ3) is 5.66. The van der Waals surface area contributed by atoms with Gasteiger partial charge < -0.3 is 10.1 Å². The first kappa shape index (κ1) is 20.1. The van der Waals surface area contributed by atoms with Gasteiger partial charge in [0.1, 0.15) is 0 Å². The lowest BCUT2D eigenvalue weighted by Gasteiger charge is -2.17. The predicted octanol–water partition coefficient (Wildman–Crippen LogP) is 5.00. The number of hydrogen-bond acceptors (Lipinski definition) is 3. The molecule has 4 nitrogen and oxygen atoms in total. The zero-order valence-corrected chi connectivity index (χ0v) is 17.3. The van der Waals surface area contributed by atoms with E-state index in [9.17, 15) is 9.59 Å². The maximum Gasteiger partial charge on any atom is 0.307 e. The molecule has 0 aromatic heterocycles. The van der Waals surface area contributed by atoms with Crippen molar-refractivity contribution in [2.45, 2.75) is 12.3 Å². The molecule has 0 spiro atoms. The Balaban J connectivity index is 1.61. The number of ether oxygens (including phenoxy) is 1. The second kappa shape index (κ2) is 10.0. The summed E-state index contributed by atoms with van der Waals surface area (Å²) in [5, 5.41) is 2.76. The predicted molar refractivity (Wildman–Crippen MR) is 118 cm³/mol. The van der Waals surface area contributed by atoms with Crippen LogP contribution in [0.2, 0.25) is 0 Å². The maximum absolute atomic E-state index is 12.4. The Morgan fingerprint density at radius 3 is 1.93 bits per heavy atom. The first-order valence-corrected chi connectivity index (χ1v) is 10.0. The summed E-state index contributed by atoms with van der Waals surface area (Å²) in [6.07, 6.45) is 0.171. The van der Waals surface area contributed by atoms with Crippen LogP contribution in [0, 0.1) is 3.57 Å². The standard InChI is InChI=1S/C23H20INO3/c24-20-13-7-8-14-21(20)25-22(26)16-28-23(27)15-19(17-9-3-1-4-10-17)18-11-5-2-6-12-18/h1-14,19H,15-16H2,(H,25,26). The van der Waals surface area contributed by atoms with Gasteiger partial charge in [-0.05, 0) is 45.9 Å². The van der Waals surface area contributed by atoms with Gasteiger partial charge in [-0.15, -0.1) is 0 Å². The average molecular weight is 485 g/mol. The van der Waals surface area contributed by atoms with Gasteiger partial charge in [0.15, 0.2) is 6.61 Å². The van der Waals surface area contributed by atoms with Crippen LogP contribution in [-0.2, 0) is 14.3 Å². The van der Waals surface area contributed by atoms with Crippen LogP contribution in [0.15, 0.2) is 84.9 Å². The molecule has 0 bridgehead atoms. The highest BCUT2D eigenvalue weighted by molar-refractivity contribution is 14.1. The topological polar surface area (TPSA) is 55.4 Å². The SMILES string of the molecule is O=C(COC(=O)CC(c1ccccc1)c1ccccc1)Nc1ccccc1I. The Kier molecular flexibility index (Phi) is 7.19. The molecule has 1 amide bonds. The minimum atomic E-state index is -0.407. The smallest absolute Gasteiger partial charge is 0.307 e. The molecule has 0 fully saturated rings. The summed E-state index contributed by atoms with van der Waals surface area (Å²) in [5.74, 6) is -0.878. The molecule has 0 aliphatic carbocycles. The number of para-hydroxylation sites is 1. The lowest BCUT2D eigenvalue weighted by molar-refractivity contribution is -0.147. The third-order valence-electron chi connectivity index (χ3n) is 4.29. The fourth-order valence-electron chi connectivity index (χ4n) is 2.92. The van der Waals surface area contributed by atoms with Gasteiger partial charge in [0, 0.05) is 9.49 Å². The number of nitrogens with one attached hydrogen (secondary N) is 1. The normalized spacial score (nSPS) is 10.5. The van der Waals surface area contributed by atoms with Crippen LogP contribution >= 0.6 is 22.6 Å². The first-order chi connectivity index (χ1) is 13.6. The van der Waals surface area contributed by atoms with Crippen molar-refractivity contribution in [2.24, 2.45) is 0 Å². The lowest BCUT2D eigenvalue weighted by Crippen LogP contribution is -2.22. The van der Waals surface area contributed by atoms with Crippen LogP contribution in [-0.4, -0.2) is 18.5 Å². The van der Waals surface area contributed by atoms with E-state index >= 15 is 0 Å². The number of carbonyl (C=O) groups excluding carboxylic acids is 2. The summed E-state index contributed by atoms with van der Waals surface area (Å²) < 4.78 is 6.16. The highest BCUT2D eigenvalue weighted by Crippen LogP contribution is 2.28. The number of anilines is 1. The number of carbonyl (C=O) groups is 2. The van der Waals surface area contributed by atoms with Crippen LogP contribution in [0.5, 0.6) is 0 Å². The lowest BCUT2D eigenvalue weighted by atomic mass is 9.89. The van der Waals surface area contributed by atoms with Gasteiger partial charge in [-0.3, -0.25) is 9.59 Å². The maximum atomic E-state index is 12.4. The van der Waals surface area contributed by atoms with Gasteiger partial charge in [-0.2, -0.15) is 0 Å². The van der Waals surface area contributed by atoms with E-state index in [0.29, 0.717) is 5.69 Å². The zero-order valence-electron chi connectivity index (χ0n) is 15.2. The van der Waals surface area contributed by atoms with E-state index in [1.54, 1.807) is 0 Å². The summed E-state index contributed by atoms with van der Waals surface area (Å²) >= 11 is 2.14. The fraction of sp³-hybridized carbons (Fsp3) is 0.130. The van der Waals surface area contributed by atoms with Gasteiger partial charge >= 0.3 is 5.97 Å². The van der Waals surface area contributed by atoms with Crippen molar-refractivity contribution in [2.75, 3.05) is 11.9 Å². The second-order valence-corrected chi connectivity index (χ2v) is 7.43. The molecule has 3 aromatic rings. The van der Waals surface area contributed by atoms with Crippen LogP contribution in [0.1, 0.15) is 23.5 Å².